The van der Waals surface area contributed by atoms with Crippen molar-refractivity contribution in [1.29, 1.82) is 0 Å². The van der Waals surface area contributed by atoms with Gasteiger partial charge in [0.2, 0.25) is 0 Å². The Balaban J connectivity index is 1.29. The second-order valence-corrected chi connectivity index (χ2v) is 14.0. The number of aliphatic imine (C=N–C) groups is 2. The van der Waals surface area contributed by atoms with E-state index in [1.807, 2.05) is 23.5 Å². The van der Waals surface area contributed by atoms with Crippen molar-refractivity contribution in [1.82, 2.24) is 5.32 Å². The molecule has 1 aliphatic heterocycles. The van der Waals surface area contributed by atoms with Gasteiger partial charge >= 0.3 is 0 Å². The minimum absolute atomic E-state index is 0.290. The highest BCUT2D eigenvalue weighted by Gasteiger charge is 2.27. The number of hydrogen-bond acceptors (Lipinski definition) is 4. The molecule has 0 amide bonds. The van der Waals surface area contributed by atoms with Gasteiger partial charge < -0.3 is 5.32 Å². The molecule has 0 spiro atoms. The van der Waals surface area contributed by atoms with Gasteiger partial charge in [0.05, 0.1) is 0 Å². The maximum atomic E-state index is 5.34. The van der Waals surface area contributed by atoms with Gasteiger partial charge in [0.1, 0.15) is 12.0 Å². The Morgan fingerprint density at radius 1 is 0.451 bits per heavy atom. The zero-order valence-electron chi connectivity index (χ0n) is 27.6. The lowest BCUT2D eigenvalue weighted by molar-refractivity contribution is 0.675. The number of benzene rings is 8. The fourth-order valence-electron chi connectivity index (χ4n) is 7.66. The maximum absolute atomic E-state index is 5.34. The molecule has 0 radical (unpaired) electrons. The quantitative estimate of drug-likeness (QED) is 0.195. The molecule has 3 nitrogen and oxygen atoms in total. The van der Waals surface area contributed by atoms with Crippen LogP contribution in [0.25, 0.3) is 64.0 Å². The smallest absolute Gasteiger partial charge is 0.159 e. The van der Waals surface area contributed by atoms with E-state index in [1.165, 1.54) is 58.6 Å². The van der Waals surface area contributed by atoms with Crippen LogP contribution < -0.4 is 5.32 Å². The number of rotatable bonds is 5. The molecule has 10 rings (SSSR count). The lowest BCUT2D eigenvalue weighted by Gasteiger charge is -2.25. The summed E-state index contributed by atoms with van der Waals surface area (Å²) < 4.78 is 2.51. The first-order chi connectivity index (χ1) is 25.3. The lowest BCUT2D eigenvalue weighted by atomic mass is 9.87. The first-order valence-electron chi connectivity index (χ1n) is 17.3. The topological polar surface area (TPSA) is 36.8 Å². The van der Waals surface area contributed by atoms with Crippen molar-refractivity contribution >= 4 is 64.7 Å². The largest absolute Gasteiger partial charge is 0.344 e. The molecule has 0 fully saturated rings. The lowest BCUT2D eigenvalue weighted by Crippen LogP contribution is -2.33. The summed E-state index contributed by atoms with van der Waals surface area (Å²) in [7, 11) is 0. The van der Waals surface area contributed by atoms with Crippen LogP contribution in [-0.2, 0) is 0 Å². The summed E-state index contributed by atoms with van der Waals surface area (Å²) in [6, 6.07) is 62.6. The molecular formula is C47H31N3S. The Bertz CT molecular complexity index is 2820. The molecule has 1 unspecified atom stereocenters. The van der Waals surface area contributed by atoms with E-state index in [4.69, 9.17) is 9.98 Å². The van der Waals surface area contributed by atoms with Crippen molar-refractivity contribution in [2.45, 2.75) is 6.17 Å². The number of fused-ring (bicyclic) bond motifs is 5. The predicted molar refractivity (Wildman–Crippen MR) is 217 cm³/mol. The number of hydrogen-bond donors (Lipinski definition) is 1. The van der Waals surface area contributed by atoms with Crippen molar-refractivity contribution in [3.8, 4) is 22.3 Å². The Kier molecular flexibility index (Phi) is 7.07. The van der Waals surface area contributed by atoms with E-state index in [0.29, 0.717) is 0 Å². The molecular weight excluding hydrogens is 639 g/mol. The molecule has 0 saturated heterocycles. The first kappa shape index (κ1) is 29.5. The minimum Gasteiger partial charge on any atom is -0.344 e. The zero-order chi connectivity index (χ0) is 33.7. The second-order valence-electron chi connectivity index (χ2n) is 12.9. The van der Waals surface area contributed by atoms with Gasteiger partial charge in [0.15, 0.2) is 5.84 Å². The van der Waals surface area contributed by atoms with Crippen LogP contribution in [0.3, 0.4) is 0 Å². The summed E-state index contributed by atoms with van der Waals surface area (Å²) in [5.74, 6) is 1.56. The van der Waals surface area contributed by atoms with Crippen molar-refractivity contribution in [2.75, 3.05) is 0 Å². The van der Waals surface area contributed by atoms with E-state index < -0.39 is 0 Å². The third kappa shape index (κ3) is 4.95. The van der Waals surface area contributed by atoms with Crippen LogP contribution in [0.4, 0.5) is 0 Å². The van der Waals surface area contributed by atoms with E-state index in [2.05, 4.69) is 169 Å². The van der Waals surface area contributed by atoms with Crippen molar-refractivity contribution in [3.05, 3.63) is 193 Å². The SMILES string of the molecule is c1ccc(C2=NC(c3ccccc3)NC(c3c4ccccc4c(-c4cccc5c(-c6ccccc6)cccc45)c4sc5ccccc5c34)=N2)cc1. The maximum Gasteiger partial charge on any atom is 0.159 e. The molecule has 1 aromatic heterocycles. The molecule has 51 heavy (non-hydrogen) atoms. The Morgan fingerprint density at radius 3 is 1.73 bits per heavy atom. The molecule has 8 aromatic carbocycles. The number of nitrogens with one attached hydrogen (secondary N) is 1. The molecule has 2 heterocycles. The highest BCUT2D eigenvalue weighted by Crippen LogP contribution is 2.49. The van der Waals surface area contributed by atoms with E-state index in [0.717, 1.165) is 33.7 Å². The number of thiophene rings is 1. The van der Waals surface area contributed by atoms with Gasteiger partial charge in [-0.1, -0.05) is 170 Å². The van der Waals surface area contributed by atoms with Gasteiger partial charge in [-0.3, -0.25) is 0 Å². The standard InChI is InChI=1S/C47H31N3S/c1-4-16-30(17-5-1)33-25-14-27-35-34(33)26-15-28-36(35)41-37-22-10-11-23-38(37)43(42-39-24-12-13-29-40(39)51-44(41)42)47-49-45(31-18-6-2-7-19-31)48-46(50-47)32-20-8-3-9-21-32/h1-29,45H,(H,48,49,50). The molecule has 4 heteroatoms. The first-order valence-corrected chi connectivity index (χ1v) is 18.1. The molecule has 1 N–H and O–H groups in total. The normalized spacial score (nSPS) is 14.5. The highest BCUT2D eigenvalue weighted by molar-refractivity contribution is 7.26. The van der Waals surface area contributed by atoms with E-state index in [1.54, 1.807) is 0 Å². The summed E-state index contributed by atoms with van der Waals surface area (Å²) in [5, 5.41) is 11.1. The van der Waals surface area contributed by atoms with Crippen LogP contribution in [0.2, 0.25) is 0 Å². The molecule has 0 saturated carbocycles. The number of nitrogens with zero attached hydrogens (tertiary/aromatic N) is 2. The van der Waals surface area contributed by atoms with Crippen LogP contribution in [0.1, 0.15) is 22.9 Å². The van der Waals surface area contributed by atoms with E-state index >= 15 is 0 Å². The van der Waals surface area contributed by atoms with Crippen molar-refractivity contribution in [3.63, 3.8) is 0 Å². The van der Waals surface area contributed by atoms with E-state index in [-0.39, 0.29) is 6.17 Å². The summed E-state index contributed by atoms with van der Waals surface area (Å²) >= 11 is 1.87. The molecule has 240 valence electrons. The molecule has 1 aliphatic rings. The van der Waals surface area contributed by atoms with Gasteiger partial charge in [-0.15, -0.1) is 11.3 Å². The predicted octanol–water partition coefficient (Wildman–Crippen LogP) is 12.2. The molecule has 9 aromatic rings. The van der Waals surface area contributed by atoms with E-state index in [9.17, 15) is 0 Å². The third-order valence-electron chi connectivity index (χ3n) is 9.94. The van der Waals surface area contributed by atoms with Crippen molar-refractivity contribution in [2.24, 2.45) is 9.98 Å². The van der Waals surface area contributed by atoms with Crippen LogP contribution in [0.15, 0.2) is 186 Å². The van der Waals surface area contributed by atoms with Crippen LogP contribution in [0, 0.1) is 0 Å². The summed E-state index contributed by atoms with van der Waals surface area (Å²) in [4.78, 5) is 10.5. The Labute approximate surface area is 299 Å². The van der Waals surface area contributed by atoms with Crippen LogP contribution in [-0.4, -0.2) is 11.7 Å². The Hall–Kier alpha value is -6.36. The van der Waals surface area contributed by atoms with Gasteiger partial charge in [0.25, 0.3) is 0 Å². The van der Waals surface area contributed by atoms with Gasteiger partial charge in [-0.2, -0.15) is 0 Å². The fourth-order valence-corrected chi connectivity index (χ4v) is 8.94. The van der Waals surface area contributed by atoms with Gasteiger partial charge in [0, 0.05) is 36.9 Å². The summed E-state index contributed by atoms with van der Waals surface area (Å²) in [5.41, 5.74) is 8.15. The summed E-state index contributed by atoms with van der Waals surface area (Å²) in [6.45, 7) is 0. The number of amidine groups is 2. The van der Waals surface area contributed by atoms with Crippen LogP contribution >= 0.6 is 11.3 Å². The monoisotopic (exact) mass is 669 g/mol. The average Bonchev–Trinajstić information content (AvgIpc) is 3.59. The highest BCUT2D eigenvalue weighted by atomic mass is 32.1. The molecule has 1 atom stereocenters. The fraction of sp³-hybridized carbons (Fsp3) is 0.0213. The second kappa shape index (κ2) is 12.2. The summed E-state index contributed by atoms with van der Waals surface area (Å²) in [6.07, 6.45) is -0.290. The zero-order valence-corrected chi connectivity index (χ0v) is 28.4. The Morgan fingerprint density at radius 2 is 1.00 bits per heavy atom. The molecule has 0 aliphatic carbocycles. The van der Waals surface area contributed by atoms with Crippen LogP contribution in [0.5, 0.6) is 0 Å². The third-order valence-corrected chi connectivity index (χ3v) is 11.1. The average molecular weight is 670 g/mol. The minimum atomic E-state index is -0.290. The molecule has 0 bridgehead atoms. The van der Waals surface area contributed by atoms with Gasteiger partial charge in [-0.25, -0.2) is 9.98 Å². The van der Waals surface area contributed by atoms with Crippen molar-refractivity contribution < 1.29 is 0 Å². The van der Waals surface area contributed by atoms with Gasteiger partial charge in [-0.05, 0) is 49.9 Å².